The third-order valence-electron chi connectivity index (χ3n) is 3.00. The Kier molecular flexibility index (Phi) is 5.56. The van der Waals surface area contributed by atoms with Gasteiger partial charge < -0.3 is 9.31 Å². The van der Waals surface area contributed by atoms with Crippen LogP contribution < -0.4 is 0 Å². The molecule has 0 aromatic heterocycles. The van der Waals surface area contributed by atoms with Gasteiger partial charge in [-0.05, 0) is 32.0 Å². The quantitative estimate of drug-likeness (QED) is 0.557. The average molecular weight is 350 g/mol. The molecular weight excluding hydrogens is 335 g/mol. The first-order valence-corrected chi connectivity index (χ1v) is 8.40. The van der Waals surface area contributed by atoms with Crippen LogP contribution >= 0.6 is 0 Å². The molecule has 8 nitrogen and oxygen atoms in total. The number of benzene rings is 1. The van der Waals surface area contributed by atoms with Gasteiger partial charge in [0.1, 0.15) is 0 Å². The number of carbonyl (C=O) groups excluding carboxylic acids is 2. The van der Waals surface area contributed by atoms with Crippen LogP contribution in [-0.4, -0.2) is 58.4 Å². The van der Waals surface area contributed by atoms with E-state index in [4.69, 9.17) is 9.31 Å². The molecule has 0 atom stereocenters. The van der Waals surface area contributed by atoms with Crippen molar-refractivity contribution in [3.63, 3.8) is 0 Å². The fourth-order valence-corrected chi connectivity index (χ4v) is 2.63. The Balaban J connectivity index is 2.15. The maximum Gasteiger partial charge on any atom is 0.638 e. The summed E-state index contributed by atoms with van der Waals surface area (Å²) in [5.41, 5.74) is 0.909. The van der Waals surface area contributed by atoms with E-state index in [-0.39, 0.29) is 18.0 Å². The fraction of sp³-hybridized carbons (Fsp3) is 0.286. The smallest absolute Gasteiger partial charge is 0.494 e. The maximum atomic E-state index is 12.0. The molecule has 2 rings (SSSR count). The summed E-state index contributed by atoms with van der Waals surface area (Å²) in [6.07, 6.45) is 0. The molecule has 1 saturated heterocycles. The van der Waals surface area contributed by atoms with E-state index in [9.17, 15) is 18.0 Å². The standard InChI is InChI=1S/C14H15BN2O6S/c1-11-3-5-12(6-4-11)24(20,21)16-8-7-15-22-13(18)9-17(2)10-14(19)23-15/h3-7H,9-10H2,1-2H3. The van der Waals surface area contributed by atoms with Crippen LogP contribution in [0.2, 0.25) is 0 Å². The zero-order chi connectivity index (χ0) is 17.7. The van der Waals surface area contributed by atoms with Crippen LogP contribution in [0.25, 0.3) is 0 Å². The van der Waals surface area contributed by atoms with Crippen LogP contribution in [0.3, 0.4) is 0 Å². The normalized spacial score (nSPS) is 16.3. The highest BCUT2D eigenvalue weighted by Crippen LogP contribution is 2.12. The molecule has 24 heavy (non-hydrogen) atoms. The van der Waals surface area contributed by atoms with Crippen LogP contribution in [0.15, 0.2) is 39.5 Å². The Hall–Kier alpha value is -2.42. The summed E-state index contributed by atoms with van der Waals surface area (Å²) in [4.78, 5) is 24.5. The number of sulfonamides is 1. The van der Waals surface area contributed by atoms with E-state index >= 15 is 0 Å². The van der Waals surface area contributed by atoms with Crippen molar-refractivity contribution in [1.29, 1.82) is 0 Å². The van der Waals surface area contributed by atoms with Crippen LogP contribution in [0, 0.1) is 6.92 Å². The molecule has 0 N–H and O–H groups in total. The average Bonchev–Trinajstić information content (AvgIpc) is 2.45. The minimum Gasteiger partial charge on any atom is -0.494 e. The highest BCUT2D eigenvalue weighted by molar-refractivity contribution is 7.90. The number of hydrogen-bond donors (Lipinski definition) is 0. The minimum atomic E-state index is -3.94. The van der Waals surface area contributed by atoms with E-state index in [2.05, 4.69) is 10.3 Å². The lowest BCUT2D eigenvalue weighted by Gasteiger charge is -2.20. The number of likely N-dealkylation sites (N-methyl/N-ethyl adjacent to an activating group) is 1. The molecule has 0 unspecified atom stereocenters. The van der Waals surface area contributed by atoms with Gasteiger partial charge in [-0.3, -0.25) is 14.5 Å². The van der Waals surface area contributed by atoms with Crippen molar-refractivity contribution in [2.45, 2.75) is 11.8 Å². The molecule has 1 fully saturated rings. The van der Waals surface area contributed by atoms with Gasteiger partial charge >= 0.3 is 19.1 Å². The van der Waals surface area contributed by atoms with Crippen molar-refractivity contribution in [3.05, 3.63) is 35.8 Å². The largest absolute Gasteiger partial charge is 0.638 e. The Morgan fingerprint density at radius 3 is 2.25 bits per heavy atom. The molecule has 0 spiro atoms. The van der Waals surface area contributed by atoms with Gasteiger partial charge in [0.2, 0.25) is 0 Å². The summed E-state index contributed by atoms with van der Waals surface area (Å²) in [7, 11) is -3.74. The molecule has 1 aliphatic rings. The van der Waals surface area contributed by atoms with Crippen LogP contribution in [0.5, 0.6) is 0 Å². The van der Waals surface area contributed by atoms with Crippen LogP contribution in [-0.2, 0) is 28.9 Å². The lowest BCUT2D eigenvalue weighted by atomic mass is 9.90. The van der Waals surface area contributed by atoms with E-state index in [1.54, 1.807) is 19.2 Å². The molecule has 0 saturated carbocycles. The molecule has 0 radical (unpaired) electrons. The van der Waals surface area contributed by atoms with Crippen molar-refractivity contribution in [2.24, 2.45) is 4.40 Å². The molecule has 0 bridgehead atoms. The number of hydrogen-bond acceptors (Lipinski definition) is 7. The monoisotopic (exact) mass is 350 g/mol. The van der Waals surface area contributed by atoms with E-state index in [1.807, 2.05) is 6.92 Å². The highest BCUT2D eigenvalue weighted by Gasteiger charge is 2.29. The van der Waals surface area contributed by atoms with Crippen LogP contribution in [0.4, 0.5) is 0 Å². The first-order valence-electron chi connectivity index (χ1n) is 6.96. The van der Waals surface area contributed by atoms with Crippen molar-refractivity contribution >= 4 is 35.0 Å². The van der Waals surface area contributed by atoms with Crippen molar-refractivity contribution < 1.29 is 27.3 Å². The van der Waals surface area contributed by atoms with E-state index in [0.717, 1.165) is 11.5 Å². The predicted molar refractivity (Wildman–Crippen MR) is 85.8 cm³/mol. The number of aryl methyl sites for hydroxylation is 1. The fourth-order valence-electron chi connectivity index (χ4n) is 1.85. The topological polar surface area (TPSA) is 102 Å². The SMILES string of the molecule is Cc1ccc(S(=O)(=O)N=C=CB2OC(=O)CN(C)CC(=O)O2)cc1. The zero-order valence-electron chi connectivity index (χ0n) is 13.1. The number of carbonyl (C=O) groups is 2. The van der Waals surface area contributed by atoms with Crippen LogP contribution in [0.1, 0.15) is 5.56 Å². The molecule has 1 heterocycles. The van der Waals surface area contributed by atoms with Gasteiger partial charge in [-0.25, -0.2) is 0 Å². The van der Waals surface area contributed by atoms with Gasteiger partial charge in [0.05, 0.1) is 18.0 Å². The Labute approximate surface area is 140 Å². The minimum absolute atomic E-state index is 0.00211. The second kappa shape index (κ2) is 7.44. The molecule has 10 heteroatoms. The lowest BCUT2D eigenvalue weighted by Crippen LogP contribution is -2.41. The Morgan fingerprint density at radius 1 is 1.17 bits per heavy atom. The summed E-state index contributed by atoms with van der Waals surface area (Å²) in [6.45, 7) is 1.66. The first-order chi connectivity index (χ1) is 11.3. The second-order valence-electron chi connectivity index (χ2n) is 5.20. The lowest BCUT2D eigenvalue weighted by molar-refractivity contribution is -0.145. The van der Waals surface area contributed by atoms with E-state index in [0.29, 0.717) is 0 Å². The third-order valence-corrected chi connectivity index (χ3v) is 4.21. The maximum absolute atomic E-state index is 12.0. The third kappa shape index (κ3) is 5.05. The van der Waals surface area contributed by atoms with E-state index < -0.39 is 29.1 Å². The predicted octanol–water partition coefficient (Wildman–Crippen LogP) is -0.0312. The van der Waals surface area contributed by atoms with Crippen molar-refractivity contribution in [1.82, 2.24) is 4.90 Å². The highest BCUT2D eigenvalue weighted by atomic mass is 32.2. The Morgan fingerprint density at radius 2 is 1.71 bits per heavy atom. The zero-order valence-corrected chi connectivity index (χ0v) is 13.9. The summed E-state index contributed by atoms with van der Waals surface area (Å²) >= 11 is 0. The first kappa shape index (κ1) is 17.9. The summed E-state index contributed by atoms with van der Waals surface area (Å²) in [6, 6.07) is 6.12. The van der Waals surface area contributed by atoms with E-state index in [1.165, 1.54) is 17.0 Å². The summed E-state index contributed by atoms with van der Waals surface area (Å²) in [5, 5.41) is 0. The van der Waals surface area contributed by atoms with Crippen molar-refractivity contribution in [2.75, 3.05) is 20.1 Å². The van der Waals surface area contributed by atoms with Gasteiger partial charge in [-0.2, -0.15) is 8.42 Å². The summed E-state index contributed by atoms with van der Waals surface area (Å²) in [5.74, 6) is 1.89. The molecule has 126 valence electrons. The van der Waals surface area contributed by atoms with Gasteiger partial charge in [-0.15, -0.1) is 4.40 Å². The molecular formula is C14H15BN2O6S. The van der Waals surface area contributed by atoms with Gasteiger partial charge in [-0.1, -0.05) is 17.7 Å². The van der Waals surface area contributed by atoms with Gasteiger partial charge in [0, 0.05) is 5.98 Å². The molecule has 0 aliphatic carbocycles. The number of rotatable bonds is 3. The molecule has 1 aromatic rings. The molecule has 1 aromatic carbocycles. The molecule has 1 aliphatic heterocycles. The second-order valence-corrected chi connectivity index (χ2v) is 6.80. The van der Waals surface area contributed by atoms with Gasteiger partial charge in [0.25, 0.3) is 10.0 Å². The summed E-state index contributed by atoms with van der Waals surface area (Å²) < 4.78 is 37.1. The van der Waals surface area contributed by atoms with Crippen molar-refractivity contribution in [3.8, 4) is 0 Å². The Bertz CT molecular complexity index is 779. The van der Waals surface area contributed by atoms with Gasteiger partial charge in [0.15, 0.2) is 0 Å². The molecule has 0 amide bonds. The number of nitrogens with zero attached hydrogens (tertiary/aromatic N) is 2.